The molecule has 0 unspecified atom stereocenters. The quantitative estimate of drug-likeness (QED) is 0.189. The van der Waals surface area contributed by atoms with Gasteiger partial charge in [0.15, 0.2) is 5.67 Å². The Morgan fingerprint density at radius 2 is 1.78 bits per heavy atom. The number of ether oxygens (including phenoxy) is 3. The molecule has 74 heavy (non-hydrogen) atoms. The second kappa shape index (κ2) is 22.3. The lowest BCUT2D eigenvalue weighted by atomic mass is 9.84. The van der Waals surface area contributed by atoms with Crippen molar-refractivity contribution in [3.63, 3.8) is 0 Å². The number of hydrogen-bond acceptors (Lipinski definition) is 13. The summed E-state index contributed by atoms with van der Waals surface area (Å²) in [6.45, 7) is 17.1. The zero-order valence-electron chi connectivity index (χ0n) is 45.5. The number of nitrogens with zero attached hydrogens (tertiary/aromatic N) is 7. The number of halogens is 1. The summed E-state index contributed by atoms with van der Waals surface area (Å²) in [5.74, 6) is 1.46. The number of rotatable bonds is 10. The van der Waals surface area contributed by atoms with E-state index in [1.807, 2.05) is 59.7 Å². The van der Waals surface area contributed by atoms with Gasteiger partial charge in [-0.1, -0.05) is 33.6 Å². The molecular weight excluding hydrogens is 950 g/mol. The van der Waals surface area contributed by atoms with E-state index in [2.05, 4.69) is 63.2 Å². The molecule has 5 atom stereocenters. The highest BCUT2D eigenvalue weighted by molar-refractivity contribution is 5.97. The van der Waals surface area contributed by atoms with Crippen LogP contribution in [0.5, 0.6) is 0 Å². The van der Waals surface area contributed by atoms with E-state index in [0.29, 0.717) is 32.7 Å². The number of piperidine rings is 1. The number of nitrogens with one attached hydrogen (secondary N) is 2. The standard InChI is InChI=1S/C55H78FN9O9/c1-13-64-43-18-17-37-30-40(43)41(47(64)39-16-14-24-57-45(39)36(4)72-12)32-52(5,6)34-74-51(70)55(71)20-15-25-65(59-55)49(68)42(31-38-33-63(37)28-29-73-38)58-48(67)46(35(2)3)61(11)50(69)54(56)22-26-62(27-23-54)44(66)19-21-53(7,8)60(9)10/h14,16-18,24,30,35-36,38,42,46,59,71H,13,15,20,22-23,25-29,31-34H2,1-12H3,(H,58,67)/t36-,38-,42-,46-,55-/m0/s1. The van der Waals surface area contributed by atoms with Crippen LogP contribution >= 0.6 is 0 Å². The van der Waals surface area contributed by atoms with Crippen molar-refractivity contribution in [2.75, 3.05) is 79.1 Å². The number of benzene rings is 1. The smallest absolute Gasteiger partial charge is 0.355 e. The summed E-state index contributed by atoms with van der Waals surface area (Å²) < 4.78 is 37.2. The number of methoxy groups -OCH3 is 1. The SMILES string of the molecule is CCn1c(-c2cccnc2[C@H](C)OC)c2c3cc(ccc31)N1CCO[C@@H](C[C@H](NC(=O)[C@H](C(C)C)N(C)C(=O)C3(F)CCN(C(=O)C#CC(C)(C)N(C)C)CC3)C(=O)N3CCC[C@@](O)(N3)C(=O)OCC(C)(C)C2)C1. The van der Waals surface area contributed by atoms with Crippen LogP contribution in [-0.4, -0.2) is 173 Å². The van der Waals surface area contributed by atoms with Crippen molar-refractivity contribution in [1.29, 1.82) is 0 Å². The minimum absolute atomic E-state index is 0.0182. The number of amides is 4. The number of hydrogen-bond donors (Lipinski definition) is 3. The summed E-state index contributed by atoms with van der Waals surface area (Å²) in [6.07, 6.45) is 0.935. The number of cyclic esters (lactones) is 1. The van der Waals surface area contributed by atoms with Crippen molar-refractivity contribution in [3.8, 4) is 23.1 Å². The minimum atomic E-state index is -2.37. The number of anilines is 1. The molecule has 2 aromatic heterocycles. The Kier molecular flexibility index (Phi) is 16.9. The number of aliphatic hydroxyl groups is 1. The Morgan fingerprint density at radius 3 is 2.45 bits per heavy atom. The monoisotopic (exact) mass is 1030 g/mol. The van der Waals surface area contributed by atoms with Gasteiger partial charge in [0.05, 0.1) is 42.3 Å². The van der Waals surface area contributed by atoms with Gasteiger partial charge in [-0.05, 0) is 102 Å². The zero-order chi connectivity index (χ0) is 54.1. The van der Waals surface area contributed by atoms with Crippen LogP contribution in [0.4, 0.5) is 10.1 Å². The van der Waals surface area contributed by atoms with Gasteiger partial charge in [-0.3, -0.25) is 34.1 Å². The van der Waals surface area contributed by atoms with E-state index in [1.165, 1.54) is 11.9 Å². The van der Waals surface area contributed by atoms with Crippen molar-refractivity contribution >= 4 is 46.2 Å². The Bertz CT molecular complexity index is 2650. The van der Waals surface area contributed by atoms with E-state index < -0.39 is 76.1 Å². The summed E-state index contributed by atoms with van der Waals surface area (Å²) in [7, 11) is 6.75. The Hall–Kier alpha value is -5.65. The lowest BCUT2D eigenvalue weighted by molar-refractivity contribution is -0.189. The van der Waals surface area contributed by atoms with E-state index in [9.17, 15) is 29.1 Å². The van der Waals surface area contributed by atoms with E-state index >= 15 is 4.39 Å². The fourth-order valence-electron chi connectivity index (χ4n) is 10.6. The van der Waals surface area contributed by atoms with Gasteiger partial charge in [-0.15, -0.1) is 0 Å². The van der Waals surface area contributed by atoms with Gasteiger partial charge in [0.25, 0.3) is 17.7 Å². The molecule has 0 spiro atoms. The molecule has 7 rings (SSSR count). The molecule has 3 N–H and O–H groups in total. The number of esters is 1. The van der Waals surface area contributed by atoms with Crippen LogP contribution in [0.3, 0.4) is 0 Å². The molecule has 3 saturated heterocycles. The summed E-state index contributed by atoms with van der Waals surface area (Å²) in [4.78, 5) is 82.2. The number of morpholine rings is 1. The highest BCUT2D eigenvalue weighted by Crippen LogP contribution is 2.42. The topological polar surface area (TPSA) is 191 Å². The number of hydrazine groups is 1. The first-order valence-electron chi connectivity index (χ1n) is 26.1. The first-order chi connectivity index (χ1) is 34.8. The van der Waals surface area contributed by atoms with Gasteiger partial charge in [0.1, 0.15) is 12.1 Å². The number of likely N-dealkylation sites (N-methyl/N-ethyl adjacent to an activating group) is 1. The van der Waals surface area contributed by atoms with Gasteiger partial charge in [0.2, 0.25) is 11.6 Å². The largest absolute Gasteiger partial charge is 0.462 e. The third-order valence-electron chi connectivity index (χ3n) is 15.5. The second-order valence-corrected chi connectivity index (χ2v) is 22.4. The number of aromatic nitrogens is 2. The van der Waals surface area contributed by atoms with Crippen LogP contribution in [-0.2, 0) is 51.1 Å². The predicted molar refractivity (Wildman–Crippen MR) is 279 cm³/mol. The molecule has 19 heteroatoms. The van der Waals surface area contributed by atoms with Crippen LogP contribution in [0, 0.1) is 23.2 Å². The van der Waals surface area contributed by atoms with Crippen LogP contribution in [0.1, 0.15) is 105 Å². The fourth-order valence-corrected chi connectivity index (χ4v) is 10.6. The molecular formula is C55H78FN9O9. The van der Waals surface area contributed by atoms with Crippen molar-refractivity contribution in [2.24, 2.45) is 11.3 Å². The number of fused-ring (bicyclic) bond motifs is 6. The number of pyridine rings is 1. The molecule has 1 aromatic carbocycles. The lowest BCUT2D eigenvalue weighted by Crippen LogP contribution is -2.67. The molecule has 0 aliphatic carbocycles. The first-order valence-corrected chi connectivity index (χ1v) is 26.1. The number of carbonyl (C=O) groups is 5. The normalized spacial score (nSPS) is 23.4. The van der Waals surface area contributed by atoms with Gasteiger partial charge in [-0.2, -0.15) is 5.43 Å². The summed E-state index contributed by atoms with van der Waals surface area (Å²) in [5.41, 5.74) is 2.56. The van der Waals surface area contributed by atoms with Gasteiger partial charge in [0, 0.05) is 113 Å². The summed E-state index contributed by atoms with van der Waals surface area (Å²) in [6, 6.07) is 7.85. The summed E-state index contributed by atoms with van der Waals surface area (Å²) in [5, 5.41) is 17.0. The molecule has 4 aliphatic heterocycles. The van der Waals surface area contributed by atoms with E-state index in [0.717, 1.165) is 49.0 Å². The molecule has 18 nitrogen and oxygen atoms in total. The third-order valence-corrected chi connectivity index (χ3v) is 15.5. The second-order valence-electron chi connectivity index (χ2n) is 22.4. The average Bonchev–Trinajstić information content (AvgIpc) is 3.67. The maximum Gasteiger partial charge on any atom is 0.355 e. The Balaban J connectivity index is 1.20. The van der Waals surface area contributed by atoms with Crippen LogP contribution in [0.2, 0.25) is 0 Å². The maximum atomic E-state index is 16.8. The van der Waals surface area contributed by atoms with Crippen molar-refractivity contribution in [3.05, 3.63) is 47.8 Å². The molecule has 0 radical (unpaired) electrons. The molecule has 3 aromatic rings. The van der Waals surface area contributed by atoms with Crippen molar-refractivity contribution in [2.45, 2.75) is 142 Å². The molecule has 404 valence electrons. The first kappa shape index (κ1) is 56.1. The molecule has 0 saturated carbocycles. The van der Waals surface area contributed by atoms with Crippen molar-refractivity contribution in [1.82, 2.24) is 40.0 Å². The third kappa shape index (κ3) is 11.7. The molecule has 3 fully saturated rings. The van der Waals surface area contributed by atoms with Crippen molar-refractivity contribution < 1.29 is 47.7 Å². The van der Waals surface area contributed by atoms with Gasteiger partial charge >= 0.3 is 5.97 Å². The summed E-state index contributed by atoms with van der Waals surface area (Å²) >= 11 is 0. The van der Waals surface area contributed by atoms with E-state index in [4.69, 9.17) is 19.2 Å². The fraction of sp³-hybridized carbons (Fsp3) is 0.636. The van der Waals surface area contributed by atoms with Gasteiger partial charge < -0.3 is 43.9 Å². The zero-order valence-corrected chi connectivity index (χ0v) is 45.5. The predicted octanol–water partition coefficient (Wildman–Crippen LogP) is 4.61. The van der Waals surface area contributed by atoms with Crippen LogP contribution in [0.15, 0.2) is 36.5 Å². The molecule has 6 heterocycles. The molecule has 4 amide bonds. The van der Waals surface area contributed by atoms with Gasteiger partial charge in [-0.25, -0.2) is 9.18 Å². The number of likely N-dealkylation sites (tertiary alicyclic amines) is 1. The van der Waals surface area contributed by atoms with E-state index in [1.54, 1.807) is 27.2 Å². The minimum Gasteiger partial charge on any atom is -0.462 e. The van der Waals surface area contributed by atoms with Crippen LogP contribution < -0.4 is 15.6 Å². The number of aryl methyl sites for hydroxylation is 1. The van der Waals surface area contributed by atoms with E-state index in [-0.39, 0.29) is 64.4 Å². The molecule has 4 aliphatic rings. The maximum absolute atomic E-state index is 16.8. The lowest BCUT2D eigenvalue weighted by Gasteiger charge is -2.42. The van der Waals surface area contributed by atoms with Crippen LogP contribution in [0.25, 0.3) is 22.2 Å². The number of carbonyl (C=O) groups excluding carboxylic acids is 5. The highest BCUT2D eigenvalue weighted by atomic mass is 19.1. The Morgan fingerprint density at radius 1 is 1.07 bits per heavy atom. The highest BCUT2D eigenvalue weighted by Gasteiger charge is 2.49. The average molecular weight is 1030 g/mol. The molecule has 6 bridgehead atoms. The Labute approximate surface area is 435 Å². The number of alkyl halides is 1.